The Balaban J connectivity index is 1.11. The molecule has 180 valence electrons. The summed E-state index contributed by atoms with van der Waals surface area (Å²) in [5.41, 5.74) is 7.94. The van der Waals surface area contributed by atoms with E-state index in [1.54, 1.807) is 5.57 Å². The molecule has 4 nitrogen and oxygen atoms in total. The molecule has 2 aromatic rings. The highest BCUT2D eigenvalue weighted by molar-refractivity contribution is 5.92. The number of rotatable bonds is 6. The van der Waals surface area contributed by atoms with Crippen LogP contribution in [0.3, 0.4) is 0 Å². The van der Waals surface area contributed by atoms with Gasteiger partial charge in [0, 0.05) is 12.2 Å². The van der Waals surface area contributed by atoms with Crippen LogP contribution in [0.4, 0.5) is 5.69 Å². The van der Waals surface area contributed by atoms with E-state index in [4.69, 9.17) is 0 Å². The first-order chi connectivity index (χ1) is 16.6. The summed E-state index contributed by atoms with van der Waals surface area (Å²) in [7, 11) is 0. The van der Waals surface area contributed by atoms with E-state index < -0.39 is 0 Å². The minimum atomic E-state index is 0.103. The van der Waals surface area contributed by atoms with E-state index >= 15 is 0 Å². The second kappa shape index (κ2) is 10.9. The molecule has 0 unspecified atom stereocenters. The molecule has 2 saturated heterocycles. The number of nitrogens with one attached hydrogen (secondary N) is 1. The van der Waals surface area contributed by atoms with Crippen LogP contribution in [0.1, 0.15) is 66.7 Å². The van der Waals surface area contributed by atoms with E-state index in [-0.39, 0.29) is 5.91 Å². The van der Waals surface area contributed by atoms with Crippen LogP contribution in [0, 0.1) is 6.92 Å². The molecular weight excluding hydrogens is 418 g/mol. The number of fused-ring (bicyclic) bond motifs is 1. The van der Waals surface area contributed by atoms with Crippen molar-refractivity contribution in [1.29, 1.82) is 0 Å². The topological polar surface area (TPSA) is 35.6 Å². The van der Waals surface area contributed by atoms with Crippen LogP contribution in [-0.2, 0) is 11.2 Å². The molecule has 1 amide bonds. The maximum absolute atomic E-state index is 12.7. The van der Waals surface area contributed by atoms with E-state index in [0.29, 0.717) is 12.5 Å². The van der Waals surface area contributed by atoms with Gasteiger partial charge in [0.1, 0.15) is 0 Å². The van der Waals surface area contributed by atoms with E-state index in [1.807, 2.05) is 0 Å². The molecule has 0 saturated carbocycles. The van der Waals surface area contributed by atoms with Gasteiger partial charge < -0.3 is 5.32 Å². The summed E-state index contributed by atoms with van der Waals surface area (Å²) in [6.07, 6.45) is 10.9. The molecule has 2 heterocycles. The van der Waals surface area contributed by atoms with Gasteiger partial charge in [-0.3, -0.25) is 14.6 Å². The zero-order chi connectivity index (χ0) is 23.3. The van der Waals surface area contributed by atoms with Gasteiger partial charge in [0.15, 0.2) is 0 Å². The lowest BCUT2D eigenvalue weighted by atomic mass is 9.89. The highest BCUT2D eigenvalue weighted by Gasteiger charge is 2.22. The number of amides is 1. The summed E-state index contributed by atoms with van der Waals surface area (Å²) in [6.45, 7) is 8.22. The van der Waals surface area contributed by atoms with Crippen molar-refractivity contribution in [2.75, 3.05) is 44.6 Å². The molecule has 34 heavy (non-hydrogen) atoms. The zero-order valence-corrected chi connectivity index (χ0v) is 20.7. The van der Waals surface area contributed by atoms with Crippen LogP contribution in [-0.4, -0.2) is 55.0 Å². The number of carbonyl (C=O) groups is 1. The molecule has 2 fully saturated rings. The van der Waals surface area contributed by atoms with Crippen molar-refractivity contribution in [2.24, 2.45) is 0 Å². The first-order valence-electron chi connectivity index (χ1n) is 13.3. The van der Waals surface area contributed by atoms with Gasteiger partial charge in [-0.2, -0.15) is 0 Å². The van der Waals surface area contributed by atoms with Crippen LogP contribution in [0.15, 0.2) is 48.0 Å². The lowest BCUT2D eigenvalue weighted by Gasteiger charge is -2.31. The molecule has 0 spiro atoms. The highest BCUT2D eigenvalue weighted by Crippen LogP contribution is 2.29. The predicted octanol–water partition coefficient (Wildman–Crippen LogP) is 5.63. The van der Waals surface area contributed by atoms with Crippen LogP contribution < -0.4 is 5.32 Å². The predicted molar refractivity (Wildman–Crippen MR) is 141 cm³/mol. The average molecular weight is 458 g/mol. The number of benzene rings is 2. The van der Waals surface area contributed by atoms with Crippen molar-refractivity contribution in [2.45, 2.75) is 57.8 Å². The molecule has 2 aliphatic heterocycles. The van der Waals surface area contributed by atoms with Crippen molar-refractivity contribution in [1.82, 2.24) is 9.80 Å². The largest absolute Gasteiger partial charge is 0.325 e. The van der Waals surface area contributed by atoms with Gasteiger partial charge in [-0.25, -0.2) is 0 Å². The fraction of sp³-hybridized carbons (Fsp3) is 0.500. The summed E-state index contributed by atoms with van der Waals surface area (Å²) in [4.78, 5) is 17.7. The Morgan fingerprint density at radius 2 is 1.68 bits per heavy atom. The second-order valence-electron chi connectivity index (χ2n) is 10.6. The lowest BCUT2D eigenvalue weighted by Crippen LogP contribution is -2.38. The Bertz CT molecular complexity index is 1010. The maximum atomic E-state index is 12.7. The van der Waals surface area contributed by atoms with Crippen LogP contribution in [0.25, 0.3) is 6.08 Å². The number of nitrogens with zero attached hydrogens (tertiary/aromatic N) is 2. The summed E-state index contributed by atoms with van der Waals surface area (Å²) >= 11 is 0. The third-order valence-electron chi connectivity index (χ3n) is 7.88. The van der Waals surface area contributed by atoms with Gasteiger partial charge in [0.2, 0.25) is 5.91 Å². The van der Waals surface area contributed by atoms with E-state index in [9.17, 15) is 4.79 Å². The van der Waals surface area contributed by atoms with Crippen molar-refractivity contribution < 1.29 is 4.79 Å². The first kappa shape index (κ1) is 23.3. The molecule has 0 bridgehead atoms. The molecule has 3 aliphatic rings. The number of hydrogen-bond donors (Lipinski definition) is 1. The molecule has 0 atom stereocenters. The molecule has 2 aromatic carbocycles. The van der Waals surface area contributed by atoms with Crippen molar-refractivity contribution >= 4 is 17.7 Å². The van der Waals surface area contributed by atoms with Crippen LogP contribution in [0.5, 0.6) is 0 Å². The normalized spacial score (nSPS) is 20.0. The van der Waals surface area contributed by atoms with Crippen molar-refractivity contribution in [3.05, 3.63) is 70.3 Å². The van der Waals surface area contributed by atoms with E-state index in [1.165, 1.54) is 54.6 Å². The van der Waals surface area contributed by atoms with Gasteiger partial charge in [0.05, 0.1) is 6.54 Å². The monoisotopic (exact) mass is 457 g/mol. The van der Waals surface area contributed by atoms with Crippen LogP contribution >= 0.6 is 0 Å². The first-order valence-corrected chi connectivity index (χ1v) is 13.3. The fourth-order valence-electron chi connectivity index (χ4n) is 5.82. The van der Waals surface area contributed by atoms with Gasteiger partial charge >= 0.3 is 0 Å². The second-order valence-corrected chi connectivity index (χ2v) is 10.6. The third kappa shape index (κ3) is 5.97. The van der Waals surface area contributed by atoms with Crippen molar-refractivity contribution in [3.63, 3.8) is 0 Å². The number of aryl methyl sites for hydroxylation is 2. The molecule has 5 rings (SSSR count). The standard InChI is InChI=1S/C30H39N3O/c1-23-5-8-25(9-6-23)26-13-17-33(18-14-26)22-30(34)31-29-12-11-27-19-24(7-10-28(27)20-29)21-32-15-3-2-4-16-32/h5-6,8-9,11-12,19-20,26H,2-4,7,10,13-18,21-22H2,1H3,(H,31,34). The summed E-state index contributed by atoms with van der Waals surface area (Å²) in [6, 6.07) is 15.4. The molecule has 0 aromatic heterocycles. The van der Waals surface area contributed by atoms with Gasteiger partial charge in [-0.1, -0.05) is 54.0 Å². The fourth-order valence-corrected chi connectivity index (χ4v) is 5.82. The lowest BCUT2D eigenvalue weighted by molar-refractivity contribution is -0.117. The number of hydrogen-bond acceptors (Lipinski definition) is 3. The quantitative estimate of drug-likeness (QED) is 0.611. The number of piperidine rings is 2. The Labute approximate surface area is 205 Å². The summed E-state index contributed by atoms with van der Waals surface area (Å²) in [5, 5.41) is 3.16. The van der Waals surface area contributed by atoms with E-state index in [0.717, 1.165) is 51.0 Å². The van der Waals surface area contributed by atoms with Crippen LogP contribution in [0.2, 0.25) is 0 Å². The molecular formula is C30H39N3O. The SMILES string of the molecule is Cc1ccc(C2CCN(CC(=O)Nc3ccc4c(c3)CCC(CN3CCCCC3)=C4)CC2)cc1. The molecule has 4 heteroatoms. The minimum absolute atomic E-state index is 0.103. The van der Waals surface area contributed by atoms with Gasteiger partial charge in [0.25, 0.3) is 0 Å². The number of likely N-dealkylation sites (tertiary alicyclic amines) is 2. The van der Waals surface area contributed by atoms with Gasteiger partial charge in [-0.15, -0.1) is 0 Å². The summed E-state index contributed by atoms with van der Waals surface area (Å²) in [5.74, 6) is 0.722. The Morgan fingerprint density at radius 1 is 0.912 bits per heavy atom. The number of carbonyl (C=O) groups excluding carboxylic acids is 1. The Hall–Kier alpha value is -2.43. The average Bonchev–Trinajstić information content (AvgIpc) is 2.86. The van der Waals surface area contributed by atoms with Crippen molar-refractivity contribution in [3.8, 4) is 0 Å². The Morgan fingerprint density at radius 3 is 2.44 bits per heavy atom. The molecule has 1 aliphatic carbocycles. The maximum Gasteiger partial charge on any atom is 0.238 e. The smallest absolute Gasteiger partial charge is 0.238 e. The molecule has 1 N–H and O–H groups in total. The number of anilines is 1. The summed E-state index contributed by atoms with van der Waals surface area (Å²) < 4.78 is 0. The Kier molecular flexibility index (Phi) is 7.46. The third-order valence-corrected chi connectivity index (χ3v) is 7.88. The van der Waals surface area contributed by atoms with Gasteiger partial charge in [-0.05, 0) is 106 Å². The minimum Gasteiger partial charge on any atom is -0.325 e. The van der Waals surface area contributed by atoms with E-state index in [2.05, 4.69) is 70.6 Å². The highest BCUT2D eigenvalue weighted by atomic mass is 16.2. The molecule has 0 radical (unpaired) electrons. The zero-order valence-electron chi connectivity index (χ0n) is 20.7.